The van der Waals surface area contributed by atoms with Crippen LogP contribution >= 0.6 is 22.7 Å². The molecule has 1 amide bonds. The van der Waals surface area contributed by atoms with Crippen molar-refractivity contribution >= 4 is 28.6 Å². The van der Waals surface area contributed by atoms with Gasteiger partial charge >= 0.3 is 0 Å². The minimum atomic E-state index is 0.0659. The van der Waals surface area contributed by atoms with Crippen LogP contribution < -0.4 is 4.74 Å². The molecule has 0 spiro atoms. The van der Waals surface area contributed by atoms with E-state index in [4.69, 9.17) is 4.74 Å². The fourth-order valence-electron chi connectivity index (χ4n) is 2.13. The van der Waals surface area contributed by atoms with Crippen LogP contribution in [-0.2, 0) is 0 Å². The van der Waals surface area contributed by atoms with Gasteiger partial charge in [0.25, 0.3) is 11.1 Å². The highest BCUT2D eigenvalue weighted by Gasteiger charge is 2.29. The number of rotatable bonds is 3. The van der Waals surface area contributed by atoms with E-state index < -0.39 is 0 Å². The molecule has 0 aliphatic carbocycles. The Balaban J connectivity index is 1.61. The molecule has 6 heteroatoms. The predicted molar refractivity (Wildman–Crippen MR) is 76.1 cm³/mol. The number of hydrogen-bond donors (Lipinski definition) is 0. The highest BCUT2D eigenvalue weighted by Crippen LogP contribution is 2.23. The first-order chi connectivity index (χ1) is 9.22. The first-order valence-corrected chi connectivity index (χ1v) is 7.84. The Hall–Kier alpha value is -1.40. The van der Waals surface area contributed by atoms with Crippen LogP contribution in [0.2, 0.25) is 0 Å². The number of thiazole rings is 1. The third-order valence-corrected chi connectivity index (χ3v) is 4.71. The van der Waals surface area contributed by atoms with Gasteiger partial charge in [0.1, 0.15) is 6.10 Å². The quantitative estimate of drug-likeness (QED) is 0.874. The molecule has 1 saturated heterocycles. The summed E-state index contributed by atoms with van der Waals surface area (Å²) in [6.07, 6.45) is 2.67. The van der Waals surface area contributed by atoms with Gasteiger partial charge in [-0.25, -0.2) is 4.98 Å². The van der Waals surface area contributed by atoms with Gasteiger partial charge in [-0.2, -0.15) is 0 Å². The number of thiophene rings is 1. The van der Waals surface area contributed by atoms with Crippen LogP contribution in [-0.4, -0.2) is 35.0 Å². The Morgan fingerprint density at radius 3 is 3.11 bits per heavy atom. The Bertz CT molecular complexity index is 565. The van der Waals surface area contributed by atoms with E-state index in [0.29, 0.717) is 11.7 Å². The molecule has 1 unspecified atom stereocenters. The van der Waals surface area contributed by atoms with Gasteiger partial charge in [-0.15, -0.1) is 11.3 Å². The van der Waals surface area contributed by atoms with Gasteiger partial charge in [0.05, 0.1) is 11.4 Å². The molecule has 1 fully saturated rings. The molecular weight excluding hydrogens is 280 g/mol. The lowest BCUT2D eigenvalue weighted by molar-refractivity contribution is 0.0777. The molecule has 1 atom stereocenters. The number of ether oxygens (including phenoxy) is 1. The summed E-state index contributed by atoms with van der Waals surface area (Å²) in [4.78, 5) is 20.2. The Kier molecular flexibility index (Phi) is 3.52. The summed E-state index contributed by atoms with van der Waals surface area (Å²) in [5, 5.41) is 2.58. The molecule has 4 nitrogen and oxygen atoms in total. The Morgan fingerprint density at radius 1 is 1.53 bits per heavy atom. The molecule has 3 rings (SSSR count). The van der Waals surface area contributed by atoms with Crippen LogP contribution in [0, 0.1) is 6.92 Å². The number of nitrogens with zero attached hydrogens (tertiary/aromatic N) is 2. The van der Waals surface area contributed by atoms with Gasteiger partial charge in [0.15, 0.2) is 0 Å². The average molecular weight is 294 g/mol. The van der Waals surface area contributed by atoms with Gasteiger partial charge in [-0.3, -0.25) is 4.79 Å². The van der Waals surface area contributed by atoms with Gasteiger partial charge in [0.2, 0.25) is 0 Å². The summed E-state index contributed by atoms with van der Waals surface area (Å²) in [5.74, 6) is 0.114. The van der Waals surface area contributed by atoms with E-state index in [0.717, 1.165) is 22.7 Å². The molecule has 1 aliphatic heterocycles. The van der Waals surface area contributed by atoms with Crippen molar-refractivity contribution in [1.29, 1.82) is 0 Å². The van der Waals surface area contributed by atoms with E-state index in [-0.39, 0.29) is 12.0 Å². The van der Waals surface area contributed by atoms with Crippen molar-refractivity contribution in [3.8, 4) is 5.19 Å². The first kappa shape index (κ1) is 12.6. The third-order valence-electron chi connectivity index (χ3n) is 3.06. The SMILES string of the molecule is Cc1ccc(C(=O)N2CCC(Oc3nccs3)C2)s1. The molecule has 2 aromatic rings. The summed E-state index contributed by atoms with van der Waals surface area (Å²) >= 11 is 3.03. The number of aromatic nitrogens is 1. The summed E-state index contributed by atoms with van der Waals surface area (Å²) in [5.41, 5.74) is 0. The van der Waals surface area contributed by atoms with E-state index in [1.807, 2.05) is 29.3 Å². The van der Waals surface area contributed by atoms with Crippen molar-refractivity contribution in [1.82, 2.24) is 9.88 Å². The zero-order chi connectivity index (χ0) is 13.2. The number of aryl methyl sites for hydroxylation is 1. The highest BCUT2D eigenvalue weighted by atomic mass is 32.1. The monoisotopic (exact) mass is 294 g/mol. The van der Waals surface area contributed by atoms with Crippen molar-refractivity contribution in [3.63, 3.8) is 0 Å². The second kappa shape index (κ2) is 5.30. The second-order valence-electron chi connectivity index (χ2n) is 4.49. The molecule has 0 radical (unpaired) electrons. The topological polar surface area (TPSA) is 42.4 Å². The standard InChI is InChI=1S/C13H14N2O2S2/c1-9-2-3-11(19-9)12(16)15-6-4-10(8-15)17-13-14-5-7-18-13/h2-3,5,7,10H,4,6,8H2,1H3. The molecule has 2 aromatic heterocycles. The largest absolute Gasteiger partial charge is 0.465 e. The Morgan fingerprint density at radius 2 is 2.42 bits per heavy atom. The average Bonchev–Trinajstić information content (AvgIpc) is 3.10. The van der Waals surface area contributed by atoms with Crippen molar-refractivity contribution in [2.45, 2.75) is 19.4 Å². The van der Waals surface area contributed by atoms with Gasteiger partial charge in [0, 0.05) is 29.4 Å². The molecule has 19 heavy (non-hydrogen) atoms. The zero-order valence-electron chi connectivity index (χ0n) is 10.5. The first-order valence-electron chi connectivity index (χ1n) is 6.14. The highest BCUT2D eigenvalue weighted by molar-refractivity contribution is 7.14. The van der Waals surface area contributed by atoms with E-state index in [1.165, 1.54) is 11.3 Å². The summed E-state index contributed by atoms with van der Waals surface area (Å²) in [6, 6.07) is 3.88. The molecular formula is C13H14N2O2S2. The van der Waals surface area contributed by atoms with Gasteiger partial charge in [-0.05, 0) is 19.1 Å². The molecule has 0 N–H and O–H groups in total. The van der Waals surface area contributed by atoms with E-state index in [9.17, 15) is 4.79 Å². The smallest absolute Gasteiger partial charge is 0.273 e. The number of carbonyl (C=O) groups is 1. The van der Waals surface area contributed by atoms with E-state index >= 15 is 0 Å². The fourth-order valence-corrected chi connectivity index (χ4v) is 3.51. The maximum absolute atomic E-state index is 12.3. The number of likely N-dealkylation sites (tertiary alicyclic amines) is 1. The van der Waals surface area contributed by atoms with Gasteiger partial charge in [-0.1, -0.05) is 11.3 Å². The molecule has 3 heterocycles. The minimum Gasteiger partial charge on any atom is -0.465 e. The third kappa shape index (κ3) is 2.79. The van der Waals surface area contributed by atoms with Crippen LogP contribution in [0.5, 0.6) is 5.19 Å². The maximum atomic E-state index is 12.3. The molecule has 100 valence electrons. The lowest BCUT2D eigenvalue weighted by atomic mass is 10.3. The van der Waals surface area contributed by atoms with Crippen LogP contribution in [0.15, 0.2) is 23.7 Å². The van der Waals surface area contributed by atoms with Crippen molar-refractivity contribution in [2.75, 3.05) is 13.1 Å². The number of hydrogen-bond acceptors (Lipinski definition) is 5. The molecule has 0 bridgehead atoms. The number of amides is 1. The van der Waals surface area contributed by atoms with Gasteiger partial charge < -0.3 is 9.64 Å². The van der Waals surface area contributed by atoms with Crippen molar-refractivity contribution < 1.29 is 9.53 Å². The summed E-state index contributed by atoms with van der Waals surface area (Å²) < 4.78 is 5.75. The normalized spacial score (nSPS) is 18.8. The van der Waals surface area contributed by atoms with Crippen LogP contribution in [0.25, 0.3) is 0 Å². The van der Waals surface area contributed by atoms with Crippen LogP contribution in [0.3, 0.4) is 0 Å². The van der Waals surface area contributed by atoms with E-state index in [2.05, 4.69) is 4.98 Å². The lowest BCUT2D eigenvalue weighted by Crippen LogP contribution is -2.30. The van der Waals surface area contributed by atoms with Crippen LogP contribution in [0.1, 0.15) is 21.0 Å². The Labute approximate surface area is 119 Å². The van der Waals surface area contributed by atoms with Crippen molar-refractivity contribution in [3.05, 3.63) is 33.5 Å². The fraction of sp³-hybridized carbons (Fsp3) is 0.385. The van der Waals surface area contributed by atoms with Crippen molar-refractivity contribution in [2.24, 2.45) is 0 Å². The number of carbonyl (C=O) groups excluding carboxylic acids is 1. The maximum Gasteiger partial charge on any atom is 0.273 e. The predicted octanol–water partition coefficient (Wildman–Crippen LogP) is 2.81. The summed E-state index contributed by atoms with van der Waals surface area (Å²) in [7, 11) is 0. The second-order valence-corrected chi connectivity index (χ2v) is 6.63. The van der Waals surface area contributed by atoms with E-state index in [1.54, 1.807) is 17.5 Å². The zero-order valence-corrected chi connectivity index (χ0v) is 12.2. The molecule has 0 aromatic carbocycles. The molecule has 1 aliphatic rings. The minimum absolute atomic E-state index is 0.0659. The molecule has 0 saturated carbocycles. The summed E-state index contributed by atoms with van der Waals surface area (Å²) in [6.45, 7) is 3.42. The van der Waals surface area contributed by atoms with Crippen LogP contribution in [0.4, 0.5) is 0 Å². The lowest BCUT2D eigenvalue weighted by Gasteiger charge is -2.15.